The zero-order chi connectivity index (χ0) is 20.4. The summed E-state index contributed by atoms with van der Waals surface area (Å²) >= 11 is 0. The van der Waals surface area contributed by atoms with Crippen LogP contribution in [0.3, 0.4) is 0 Å². The molecule has 5 aromatic rings. The normalized spacial score (nSPS) is 11.8. The van der Waals surface area contributed by atoms with Crippen molar-refractivity contribution in [3.63, 3.8) is 0 Å². The zero-order valence-electron chi connectivity index (χ0n) is 18.0. The number of hydrogen-bond donors (Lipinski definition) is 0. The number of nitrogens with zero attached hydrogens (tertiary/aromatic N) is 2. The van der Waals surface area contributed by atoms with Crippen molar-refractivity contribution < 1.29 is 0 Å². The zero-order valence-corrected chi connectivity index (χ0v) is 18.0. The Kier molecular flexibility index (Phi) is 3.82. The van der Waals surface area contributed by atoms with E-state index in [0.29, 0.717) is 0 Å². The van der Waals surface area contributed by atoms with Gasteiger partial charge in [0.1, 0.15) is 5.82 Å². The van der Waals surface area contributed by atoms with Crippen molar-refractivity contribution in [2.75, 3.05) is 0 Å². The summed E-state index contributed by atoms with van der Waals surface area (Å²) in [6.07, 6.45) is 0. The number of rotatable bonds is 1. The molecule has 0 atom stereocenters. The molecular weight excluding hydrogens is 352 g/mol. The van der Waals surface area contributed by atoms with E-state index in [1.165, 1.54) is 60.4 Å². The van der Waals surface area contributed by atoms with Crippen LogP contribution in [0.2, 0.25) is 0 Å². The smallest absolute Gasteiger partial charge is 0.106 e. The number of imidazole rings is 1. The van der Waals surface area contributed by atoms with E-state index in [0.717, 1.165) is 11.3 Å². The number of fused-ring (bicyclic) bond motifs is 6. The molecule has 0 unspecified atom stereocenters. The van der Waals surface area contributed by atoms with Crippen molar-refractivity contribution in [3.8, 4) is 11.1 Å². The first-order chi connectivity index (χ1) is 13.9. The van der Waals surface area contributed by atoms with Crippen molar-refractivity contribution >= 4 is 32.6 Å². The second kappa shape index (κ2) is 6.18. The molecule has 0 N–H and O–H groups in total. The Labute approximate surface area is 171 Å². The van der Waals surface area contributed by atoms with E-state index in [1.807, 2.05) is 0 Å². The van der Waals surface area contributed by atoms with Gasteiger partial charge in [0.05, 0.1) is 11.0 Å². The maximum absolute atomic E-state index is 5.00. The van der Waals surface area contributed by atoms with Gasteiger partial charge in [-0.25, -0.2) is 4.98 Å². The standard InChI is InChI=1S/C27H26N2/c1-15-13-18(4)24-22(14-15)25-21(26-27(24)29(6)19(5)28-26)12-11-17(3)23(25)20-10-8-7-9-16(20)2/h7-14H,1-6H3. The molecule has 0 bridgehead atoms. The Hall–Kier alpha value is -3.13. The van der Waals surface area contributed by atoms with Gasteiger partial charge in [0, 0.05) is 17.8 Å². The molecule has 0 aliphatic carbocycles. The first-order valence-electron chi connectivity index (χ1n) is 10.2. The van der Waals surface area contributed by atoms with Crippen LogP contribution in [-0.4, -0.2) is 9.55 Å². The lowest BCUT2D eigenvalue weighted by Gasteiger charge is -2.18. The highest BCUT2D eigenvalue weighted by atomic mass is 15.1. The molecule has 0 radical (unpaired) electrons. The maximum Gasteiger partial charge on any atom is 0.106 e. The number of hydrogen-bond acceptors (Lipinski definition) is 1. The summed E-state index contributed by atoms with van der Waals surface area (Å²) < 4.78 is 2.24. The van der Waals surface area contributed by atoms with Crippen molar-refractivity contribution in [1.29, 1.82) is 0 Å². The highest BCUT2D eigenvalue weighted by Crippen LogP contribution is 2.43. The van der Waals surface area contributed by atoms with E-state index in [9.17, 15) is 0 Å². The van der Waals surface area contributed by atoms with Crippen molar-refractivity contribution in [1.82, 2.24) is 9.55 Å². The topological polar surface area (TPSA) is 17.8 Å². The predicted molar refractivity (Wildman–Crippen MR) is 125 cm³/mol. The van der Waals surface area contributed by atoms with Crippen LogP contribution in [0.4, 0.5) is 0 Å². The van der Waals surface area contributed by atoms with Gasteiger partial charge in [-0.3, -0.25) is 0 Å². The Morgan fingerprint density at radius 3 is 2.24 bits per heavy atom. The first kappa shape index (κ1) is 17.9. The molecule has 0 aliphatic rings. The number of aryl methyl sites for hydroxylation is 6. The van der Waals surface area contributed by atoms with Crippen LogP contribution in [0.15, 0.2) is 48.5 Å². The predicted octanol–water partition coefficient (Wildman–Crippen LogP) is 7.09. The molecule has 0 saturated heterocycles. The minimum absolute atomic E-state index is 1.05. The van der Waals surface area contributed by atoms with E-state index in [1.54, 1.807) is 0 Å². The van der Waals surface area contributed by atoms with E-state index in [4.69, 9.17) is 4.98 Å². The lowest BCUT2D eigenvalue weighted by atomic mass is 9.86. The lowest BCUT2D eigenvalue weighted by Crippen LogP contribution is -1.96. The summed E-state index contributed by atoms with van der Waals surface area (Å²) in [6, 6.07) is 17.9. The number of benzene rings is 4. The summed E-state index contributed by atoms with van der Waals surface area (Å²) in [4.78, 5) is 5.00. The fourth-order valence-electron chi connectivity index (χ4n) is 4.95. The van der Waals surface area contributed by atoms with Gasteiger partial charge < -0.3 is 4.57 Å². The van der Waals surface area contributed by atoms with Crippen molar-refractivity contribution in [3.05, 3.63) is 76.6 Å². The lowest BCUT2D eigenvalue weighted by molar-refractivity contribution is 0.888. The molecule has 2 heteroatoms. The second-order valence-electron chi connectivity index (χ2n) is 8.41. The Morgan fingerprint density at radius 1 is 0.724 bits per heavy atom. The molecule has 0 aliphatic heterocycles. The number of aromatic nitrogens is 2. The third-order valence-electron chi connectivity index (χ3n) is 6.39. The van der Waals surface area contributed by atoms with Crippen LogP contribution in [0.5, 0.6) is 0 Å². The van der Waals surface area contributed by atoms with Gasteiger partial charge in [0.15, 0.2) is 0 Å². The highest BCUT2D eigenvalue weighted by Gasteiger charge is 2.20. The Balaban J connectivity index is 2.17. The van der Waals surface area contributed by atoms with Crippen molar-refractivity contribution in [2.24, 2.45) is 7.05 Å². The van der Waals surface area contributed by atoms with E-state index in [2.05, 4.69) is 94.8 Å². The van der Waals surface area contributed by atoms with Gasteiger partial charge in [0.2, 0.25) is 0 Å². The SMILES string of the molecule is Cc1cc(C)c2c(c1)c1c(-c3ccccc3C)c(C)ccc1c1nc(C)n(C)c12. The van der Waals surface area contributed by atoms with Gasteiger partial charge in [-0.2, -0.15) is 0 Å². The third kappa shape index (κ3) is 2.45. The molecule has 0 saturated carbocycles. The molecule has 1 aromatic heterocycles. The quantitative estimate of drug-likeness (QED) is 0.285. The molecule has 0 spiro atoms. The van der Waals surface area contributed by atoms with Gasteiger partial charge in [0.25, 0.3) is 0 Å². The monoisotopic (exact) mass is 378 g/mol. The van der Waals surface area contributed by atoms with Crippen LogP contribution in [0, 0.1) is 34.6 Å². The average Bonchev–Trinajstić information content (AvgIpc) is 2.97. The van der Waals surface area contributed by atoms with Gasteiger partial charge >= 0.3 is 0 Å². The summed E-state index contributed by atoms with van der Waals surface area (Å²) in [6.45, 7) is 10.9. The van der Waals surface area contributed by atoms with Crippen LogP contribution >= 0.6 is 0 Å². The fourth-order valence-corrected chi connectivity index (χ4v) is 4.95. The van der Waals surface area contributed by atoms with Crippen LogP contribution < -0.4 is 0 Å². The second-order valence-corrected chi connectivity index (χ2v) is 8.41. The summed E-state index contributed by atoms with van der Waals surface area (Å²) in [5.74, 6) is 1.05. The molecule has 1 heterocycles. The molecule has 29 heavy (non-hydrogen) atoms. The average molecular weight is 379 g/mol. The Bertz CT molecular complexity index is 1450. The largest absolute Gasteiger partial charge is 0.331 e. The van der Waals surface area contributed by atoms with E-state index >= 15 is 0 Å². The molecule has 0 fully saturated rings. The minimum atomic E-state index is 1.05. The summed E-state index contributed by atoms with van der Waals surface area (Å²) in [7, 11) is 2.13. The molecule has 5 rings (SSSR count). The summed E-state index contributed by atoms with van der Waals surface area (Å²) in [5, 5.41) is 5.22. The molecule has 4 aromatic carbocycles. The molecular formula is C27H26N2. The first-order valence-corrected chi connectivity index (χ1v) is 10.2. The maximum atomic E-state index is 5.00. The highest BCUT2D eigenvalue weighted by molar-refractivity contribution is 6.28. The van der Waals surface area contributed by atoms with Crippen molar-refractivity contribution in [2.45, 2.75) is 34.6 Å². The van der Waals surface area contributed by atoms with Gasteiger partial charge in [-0.05, 0) is 73.2 Å². The van der Waals surface area contributed by atoms with Crippen LogP contribution in [0.25, 0.3) is 43.7 Å². The van der Waals surface area contributed by atoms with E-state index in [-0.39, 0.29) is 0 Å². The van der Waals surface area contributed by atoms with Gasteiger partial charge in [-0.15, -0.1) is 0 Å². The van der Waals surface area contributed by atoms with Crippen LogP contribution in [0.1, 0.15) is 28.1 Å². The molecule has 144 valence electrons. The molecule has 0 amide bonds. The van der Waals surface area contributed by atoms with Crippen LogP contribution in [-0.2, 0) is 7.05 Å². The van der Waals surface area contributed by atoms with Gasteiger partial charge in [-0.1, -0.05) is 54.1 Å². The minimum Gasteiger partial charge on any atom is -0.331 e. The van der Waals surface area contributed by atoms with E-state index < -0.39 is 0 Å². The summed E-state index contributed by atoms with van der Waals surface area (Å²) in [5.41, 5.74) is 10.2. The fraction of sp³-hybridized carbons (Fsp3) is 0.222. The Morgan fingerprint density at radius 2 is 1.48 bits per heavy atom. The molecule has 2 nitrogen and oxygen atoms in total. The third-order valence-corrected chi connectivity index (χ3v) is 6.39.